The van der Waals surface area contributed by atoms with Gasteiger partial charge in [-0.05, 0) is 36.4 Å². The summed E-state index contributed by atoms with van der Waals surface area (Å²) in [7, 11) is 0. The van der Waals surface area contributed by atoms with E-state index in [1.165, 1.54) is 0 Å². The first-order valence-corrected chi connectivity index (χ1v) is 7.79. The summed E-state index contributed by atoms with van der Waals surface area (Å²) in [6.45, 7) is -0.587. The van der Waals surface area contributed by atoms with Gasteiger partial charge in [-0.3, -0.25) is 4.79 Å². The lowest BCUT2D eigenvalue weighted by atomic mass is 10.2. The fraction of sp³-hybridized carbons (Fsp3) is 0.125. The molecule has 2 aromatic carbocycles. The van der Waals surface area contributed by atoms with Gasteiger partial charge in [0.2, 0.25) is 0 Å². The number of aromatic nitrogens is 3. The molecule has 0 saturated heterocycles. The predicted octanol–water partition coefficient (Wildman–Crippen LogP) is 2.13. The van der Waals surface area contributed by atoms with Crippen LogP contribution in [0.5, 0.6) is 5.75 Å². The number of rotatable bonds is 5. The maximum absolute atomic E-state index is 12.2. The molecule has 0 saturated carbocycles. The van der Waals surface area contributed by atoms with Crippen LogP contribution in [0.4, 0.5) is 0 Å². The van der Waals surface area contributed by atoms with Crippen molar-refractivity contribution >= 4 is 32.8 Å². The topological polar surface area (TPSA) is 83.3 Å². The summed E-state index contributed by atoms with van der Waals surface area (Å²) < 4.78 is 12.2. The van der Waals surface area contributed by atoms with Crippen molar-refractivity contribution in [2.45, 2.75) is 6.73 Å². The first kappa shape index (κ1) is 16.1. The van der Waals surface area contributed by atoms with Crippen LogP contribution >= 0.6 is 15.9 Å². The summed E-state index contributed by atoms with van der Waals surface area (Å²) in [5, 5.41) is 8.06. The summed E-state index contributed by atoms with van der Waals surface area (Å²) in [6.07, 6.45) is 0. The van der Waals surface area contributed by atoms with E-state index < -0.39 is 5.97 Å². The third-order valence-corrected chi connectivity index (χ3v) is 3.68. The molecular formula is C16H12BrN3O4. The Morgan fingerprint density at radius 3 is 2.67 bits per heavy atom. The molecule has 0 atom stereocenters. The van der Waals surface area contributed by atoms with Crippen LogP contribution in [-0.4, -0.2) is 27.6 Å². The van der Waals surface area contributed by atoms with Gasteiger partial charge in [-0.15, -0.1) is 5.10 Å². The van der Waals surface area contributed by atoms with Gasteiger partial charge < -0.3 is 9.47 Å². The molecule has 0 aliphatic rings. The van der Waals surface area contributed by atoms with Gasteiger partial charge in [0.25, 0.3) is 5.56 Å². The molecule has 0 aliphatic carbocycles. The van der Waals surface area contributed by atoms with Crippen molar-refractivity contribution in [2.75, 3.05) is 6.61 Å². The number of hydrogen-bond donors (Lipinski definition) is 0. The van der Waals surface area contributed by atoms with Crippen molar-refractivity contribution in [1.82, 2.24) is 15.0 Å². The van der Waals surface area contributed by atoms with Crippen LogP contribution in [0.25, 0.3) is 10.9 Å². The van der Waals surface area contributed by atoms with E-state index in [4.69, 9.17) is 9.47 Å². The molecule has 8 heteroatoms. The van der Waals surface area contributed by atoms with Gasteiger partial charge in [0.15, 0.2) is 13.3 Å². The number of carbonyl (C=O) groups is 1. The Hall–Kier alpha value is -2.74. The lowest BCUT2D eigenvalue weighted by molar-refractivity contribution is -0.150. The molecule has 3 rings (SSSR count). The molecule has 7 nitrogen and oxygen atoms in total. The minimum absolute atomic E-state index is 0.266. The van der Waals surface area contributed by atoms with Crippen LogP contribution in [0.3, 0.4) is 0 Å². The largest absolute Gasteiger partial charge is 0.482 e. The van der Waals surface area contributed by atoms with Crippen LogP contribution in [0.2, 0.25) is 0 Å². The molecule has 0 bridgehead atoms. The molecule has 0 aliphatic heterocycles. The molecule has 122 valence electrons. The molecular weight excluding hydrogens is 378 g/mol. The van der Waals surface area contributed by atoms with E-state index in [0.29, 0.717) is 16.7 Å². The van der Waals surface area contributed by atoms with Crippen LogP contribution < -0.4 is 10.3 Å². The standard InChI is InChI=1S/C16H12BrN3O4/c17-11-5-7-12(8-6-11)23-9-15(21)24-10-20-16(22)13-3-1-2-4-14(13)18-19-20/h1-8H,9-10H2. The minimum atomic E-state index is -0.611. The Balaban J connectivity index is 1.59. The highest BCUT2D eigenvalue weighted by atomic mass is 79.9. The van der Waals surface area contributed by atoms with Gasteiger partial charge in [0, 0.05) is 4.47 Å². The second-order valence-electron chi connectivity index (χ2n) is 4.80. The lowest BCUT2D eigenvalue weighted by Crippen LogP contribution is -2.27. The second-order valence-corrected chi connectivity index (χ2v) is 5.71. The molecule has 24 heavy (non-hydrogen) atoms. The quantitative estimate of drug-likeness (QED) is 0.621. The number of nitrogens with zero attached hydrogens (tertiary/aromatic N) is 3. The molecule has 0 spiro atoms. The van der Waals surface area contributed by atoms with Gasteiger partial charge in [-0.2, -0.15) is 4.68 Å². The summed E-state index contributed by atoms with van der Waals surface area (Å²) in [5.41, 5.74) is 0.117. The number of carbonyl (C=O) groups excluding carboxylic acids is 1. The zero-order valence-electron chi connectivity index (χ0n) is 12.4. The summed E-state index contributed by atoms with van der Waals surface area (Å²) in [6, 6.07) is 13.9. The number of halogens is 1. The maximum atomic E-state index is 12.2. The van der Waals surface area contributed by atoms with Crippen LogP contribution in [0.15, 0.2) is 57.8 Å². The Morgan fingerprint density at radius 1 is 1.12 bits per heavy atom. The van der Waals surface area contributed by atoms with E-state index >= 15 is 0 Å². The van der Waals surface area contributed by atoms with Crippen molar-refractivity contribution < 1.29 is 14.3 Å². The SMILES string of the molecule is O=C(COc1ccc(Br)cc1)OCn1nnc2ccccc2c1=O. The zero-order valence-corrected chi connectivity index (χ0v) is 14.0. The van der Waals surface area contributed by atoms with E-state index in [1.807, 2.05) is 0 Å². The Bertz CT molecular complexity index is 925. The Labute approximate surface area is 144 Å². The first-order valence-electron chi connectivity index (χ1n) is 7.00. The molecule has 0 N–H and O–H groups in total. The van der Waals surface area contributed by atoms with E-state index in [-0.39, 0.29) is 18.9 Å². The Kier molecular flexibility index (Phi) is 4.85. The zero-order chi connectivity index (χ0) is 16.9. The molecule has 1 heterocycles. The fourth-order valence-electron chi connectivity index (χ4n) is 1.96. The highest BCUT2D eigenvalue weighted by Gasteiger charge is 2.08. The summed E-state index contributed by atoms with van der Waals surface area (Å²) in [5.74, 6) is -0.0717. The third-order valence-electron chi connectivity index (χ3n) is 3.15. The van der Waals surface area contributed by atoms with Crippen LogP contribution in [0, 0.1) is 0 Å². The average molecular weight is 390 g/mol. The third kappa shape index (κ3) is 3.77. The molecule has 0 radical (unpaired) electrons. The maximum Gasteiger partial charge on any atom is 0.345 e. The van der Waals surface area contributed by atoms with Gasteiger partial charge in [-0.25, -0.2) is 4.79 Å². The van der Waals surface area contributed by atoms with Crippen molar-refractivity contribution in [1.29, 1.82) is 0 Å². The van der Waals surface area contributed by atoms with E-state index in [1.54, 1.807) is 48.5 Å². The minimum Gasteiger partial charge on any atom is -0.482 e. The number of benzene rings is 2. The predicted molar refractivity (Wildman–Crippen MR) is 89.5 cm³/mol. The second kappa shape index (κ2) is 7.22. The van der Waals surface area contributed by atoms with Crippen LogP contribution in [0.1, 0.15) is 0 Å². The normalized spacial score (nSPS) is 10.5. The van der Waals surface area contributed by atoms with Gasteiger partial charge in [0.05, 0.1) is 5.39 Å². The number of esters is 1. The van der Waals surface area contributed by atoms with Gasteiger partial charge in [-0.1, -0.05) is 33.3 Å². The van der Waals surface area contributed by atoms with Crippen molar-refractivity contribution in [3.8, 4) is 5.75 Å². The number of ether oxygens (including phenoxy) is 2. The van der Waals surface area contributed by atoms with Crippen molar-refractivity contribution in [3.05, 3.63) is 63.4 Å². The first-order chi connectivity index (χ1) is 11.6. The van der Waals surface area contributed by atoms with E-state index in [9.17, 15) is 9.59 Å². The fourth-order valence-corrected chi connectivity index (χ4v) is 2.22. The lowest BCUT2D eigenvalue weighted by Gasteiger charge is -2.08. The highest BCUT2D eigenvalue weighted by molar-refractivity contribution is 9.10. The molecule has 0 amide bonds. The number of fused-ring (bicyclic) bond motifs is 1. The van der Waals surface area contributed by atoms with Gasteiger partial charge >= 0.3 is 5.97 Å². The van der Waals surface area contributed by atoms with E-state index in [0.717, 1.165) is 9.15 Å². The summed E-state index contributed by atoms with van der Waals surface area (Å²) >= 11 is 3.31. The smallest absolute Gasteiger partial charge is 0.345 e. The summed E-state index contributed by atoms with van der Waals surface area (Å²) in [4.78, 5) is 23.9. The molecule has 1 aromatic heterocycles. The molecule has 3 aromatic rings. The average Bonchev–Trinajstić information content (AvgIpc) is 2.61. The van der Waals surface area contributed by atoms with Crippen LogP contribution in [-0.2, 0) is 16.3 Å². The van der Waals surface area contributed by atoms with E-state index in [2.05, 4.69) is 26.2 Å². The Morgan fingerprint density at radius 2 is 1.88 bits per heavy atom. The van der Waals surface area contributed by atoms with Gasteiger partial charge in [0.1, 0.15) is 11.3 Å². The highest BCUT2D eigenvalue weighted by Crippen LogP contribution is 2.15. The molecule has 0 fully saturated rings. The molecule has 0 unspecified atom stereocenters. The van der Waals surface area contributed by atoms with Crippen molar-refractivity contribution in [3.63, 3.8) is 0 Å². The monoisotopic (exact) mass is 389 g/mol. The number of hydrogen-bond acceptors (Lipinski definition) is 6. The van der Waals surface area contributed by atoms with Crippen molar-refractivity contribution in [2.24, 2.45) is 0 Å².